The van der Waals surface area contributed by atoms with Gasteiger partial charge in [-0.25, -0.2) is 9.97 Å². The van der Waals surface area contributed by atoms with E-state index in [1.807, 2.05) is 37.2 Å². The molecule has 6 heteroatoms. The summed E-state index contributed by atoms with van der Waals surface area (Å²) in [6.45, 7) is 2.01. The van der Waals surface area contributed by atoms with Gasteiger partial charge in [0.1, 0.15) is 0 Å². The number of nitrogens with zero attached hydrogens (tertiary/aromatic N) is 4. The average Bonchev–Trinajstić information content (AvgIpc) is 3.10. The van der Waals surface area contributed by atoms with Crippen molar-refractivity contribution in [2.45, 2.75) is 12.8 Å². The molecule has 23 heavy (non-hydrogen) atoms. The van der Waals surface area contributed by atoms with Gasteiger partial charge in [0.15, 0.2) is 0 Å². The van der Waals surface area contributed by atoms with E-state index < -0.39 is 0 Å². The zero-order valence-corrected chi connectivity index (χ0v) is 13.5. The van der Waals surface area contributed by atoms with Crippen LogP contribution in [0.5, 0.6) is 0 Å². The Kier molecular flexibility index (Phi) is 4.41. The van der Waals surface area contributed by atoms with Crippen LogP contribution in [0.1, 0.15) is 23.2 Å². The van der Waals surface area contributed by atoms with Crippen LogP contribution in [-0.4, -0.2) is 43.1 Å². The lowest BCUT2D eigenvalue weighted by Crippen LogP contribution is -2.20. The molecule has 120 valence electrons. The maximum Gasteiger partial charge on any atom is 0.255 e. The Bertz CT molecular complexity index is 678. The second kappa shape index (κ2) is 6.64. The van der Waals surface area contributed by atoms with Crippen molar-refractivity contribution in [1.29, 1.82) is 0 Å². The lowest BCUT2D eigenvalue weighted by Gasteiger charge is -2.15. The summed E-state index contributed by atoms with van der Waals surface area (Å²) in [4.78, 5) is 25.1. The molecule has 0 aliphatic carbocycles. The number of carbonyl (C=O) groups is 1. The topological polar surface area (TPSA) is 61.4 Å². The minimum atomic E-state index is -0.161. The van der Waals surface area contributed by atoms with Crippen LogP contribution in [0.3, 0.4) is 0 Å². The number of benzene rings is 1. The van der Waals surface area contributed by atoms with Crippen molar-refractivity contribution >= 4 is 23.2 Å². The molecule has 0 unspecified atom stereocenters. The molecule has 0 saturated carbocycles. The van der Waals surface area contributed by atoms with Gasteiger partial charge in [-0.05, 0) is 31.0 Å². The highest BCUT2D eigenvalue weighted by Crippen LogP contribution is 2.17. The summed E-state index contributed by atoms with van der Waals surface area (Å²) in [5.74, 6) is 0.571. The van der Waals surface area contributed by atoms with Crippen molar-refractivity contribution in [2.75, 3.05) is 42.3 Å². The average molecular weight is 311 g/mol. The number of nitrogens with one attached hydrogen (secondary N) is 1. The maximum atomic E-state index is 12.3. The molecule has 1 amide bonds. The molecule has 1 aliphatic heterocycles. The molecule has 0 bridgehead atoms. The van der Waals surface area contributed by atoms with Crippen LogP contribution in [0.2, 0.25) is 0 Å². The van der Waals surface area contributed by atoms with E-state index in [1.54, 1.807) is 18.5 Å². The van der Waals surface area contributed by atoms with Crippen molar-refractivity contribution in [3.8, 4) is 0 Å². The zero-order valence-electron chi connectivity index (χ0n) is 13.5. The molecule has 2 aromatic rings. The van der Waals surface area contributed by atoms with Gasteiger partial charge in [-0.3, -0.25) is 4.79 Å². The van der Waals surface area contributed by atoms with E-state index in [4.69, 9.17) is 0 Å². The van der Waals surface area contributed by atoms with Crippen LogP contribution in [0, 0.1) is 0 Å². The highest BCUT2D eigenvalue weighted by Gasteiger charge is 2.15. The van der Waals surface area contributed by atoms with Crippen LogP contribution in [-0.2, 0) is 0 Å². The van der Waals surface area contributed by atoms with Gasteiger partial charge >= 0.3 is 0 Å². The number of hydrogen-bond donors (Lipinski definition) is 1. The van der Waals surface area contributed by atoms with Crippen molar-refractivity contribution in [3.05, 3.63) is 42.2 Å². The highest BCUT2D eigenvalue weighted by molar-refractivity contribution is 6.04. The standard InChI is InChI=1S/C17H21N5O/c1-21(2)15-7-5-6-13(10-15)16(23)20-14-11-18-17(19-12-14)22-8-3-4-9-22/h5-7,10-12H,3-4,8-9H2,1-2H3,(H,20,23). The summed E-state index contributed by atoms with van der Waals surface area (Å²) in [5.41, 5.74) is 2.20. The summed E-state index contributed by atoms with van der Waals surface area (Å²) in [6, 6.07) is 7.48. The summed E-state index contributed by atoms with van der Waals surface area (Å²) in [5, 5.41) is 2.84. The predicted molar refractivity (Wildman–Crippen MR) is 92.2 cm³/mol. The number of anilines is 3. The van der Waals surface area contributed by atoms with Crippen LogP contribution >= 0.6 is 0 Å². The van der Waals surface area contributed by atoms with E-state index in [1.165, 1.54) is 12.8 Å². The Labute approximate surface area is 136 Å². The van der Waals surface area contributed by atoms with Gasteiger partial charge < -0.3 is 15.1 Å². The van der Waals surface area contributed by atoms with Gasteiger partial charge in [0.2, 0.25) is 5.95 Å². The van der Waals surface area contributed by atoms with Gasteiger partial charge in [0.25, 0.3) is 5.91 Å². The molecular weight excluding hydrogens is 290 g/mol. The molecule has 1 N–H and O–H groups in total. The van der Waals surface area contributed by atoms with Gasteiger partial charge in [-0.2, -0.15) is 0 Å². The molecule has 1 aliphatic rings. The van der Waals surface area contributed by atoms with Gasteiger partial charge in [-0.1, -0.05) is 6.07 Å². The van der Waals surface area contributed by atoms with E-state index in [0.717, 1.165) is 24.7 Å². The van der Waals surface area contributed by atoms with E-state index in [2.05, 4.69) is 20.2 Å². The summed E-state index contributed by atoms with van der Waals surface area (Å²) in [7, 11) is 3.89. The third-order valence-electron chi connectivity index (χ3n) is 3.91. The van der Waals surface area contributed by atoms with Crippen molar-refractivity contribution < 1.29 is 4.79 Å². The summed E-state index contributed by atoms with van der Waals surface area (Å²) in [6.07, 6.45) is 5.69. The first kappa shape index (κ1) is 15.3. The SMILES string of the molecule is CN(C)c1cccc(C(=O)Nc2cnc(N3CCCC3)nc2)c1. The largest absolute Gasteiger partial charge is 0.378 e. The lowest BCUT2D eigenvalue weighted by atomic mass is 10.2. The summed E-state index contributed by atoms with van der Waals surface area (Å²) < 4.78 is 0. The van der Waals surface area contributed by atoms with E-state index in [-0.39, 0.29) is 5.91 Å². The molecular formula is C17H21N5O. The third-order valence-corrected chi connectivity index (χ3v) is 3.91. The van der Waals surface area contributed by atoms with Crippen molar-refractivity contribution in [1.82, 2.24) is 9.97 Å². The van der Waals surface area contributed by atoms with Crippen LogP contribution in [0.15, 0.2) is 36.7 Å². The molecule has 6 nitrogen and oxygen atoms in total. The lowest BCUT2D eigenvalue weighted by molar-refractivity contribution is 0.102. The maximum absolute atomic E-state index is 12.3. The summed E-state index contributed by atoms with van der Waals surface area (Å²) >= 11 is 0. The third kappa shape index (κ3) is 3.59. The van der Waals surface area contributed by atoms with E-state index in [0.29, 0.717) is 11.3 Å². The molecule has 3 rings (SSSR count). The van der Waals surface area contributed by atoms with Crippen molar-refractivity contribution in [3.63, 3.8) is 0 Å². The number of rotatable bonds is 4. The van der Waals surface area contributed by atoms with Gasteiger partial charge in [0.05, 0.1) is 18.1 Å². The van der Waals surface area contributed by atoms with Gasteiger partial charge in [-0.15, -0.1) is 0 Å². The molecule has 1 fully saturated rings. The van der Waals surface area contributed by atoms with E-state index >= 15 is 0 Å². The molecule has 1 aromatic carbocycles. The first-order chi connectivity index (χ1) is 11.1. The quantitative estimate of drug-likeness (QED) is 0.939. The predicted octanol–water partition coefficient (Wildman–Crippen LogP) is 2.40. The molecule has 0 atom stereocenters. The Balaban J connectivity index is 1.68. The number of amides is 1. The van der Waals surface area contributed by atoms with Gasteiger partial charge in [0, 0.05) is 38.4 Å². The Morgan fingerprint density at radius 1 is 1.17 bits per heavy atom. The van der Waals surface area contributed by atoms with Crippen molar-refractivity contribution in [2.24, 2.45) is 0 Å². The molecule has 1 aromatic heterocycles. The Morgan fingerprint density at radius 3 is 2.52 bits per heavy atom. The smallest absolute Gasteiger partial charge is 0.255 e. The van der Waals surface area contributed by atoms with Crippen LogP contribution in [0.25, 0.3) is 0 Å². The number of aromatic nitrogens is 2. The Morgan fingerprint density at radius 2 is 1.87 bits per heavy atom. The fraction of sp³-hybridized carbons (Fsp3) is 0.353. The zero-order chi connectivity index (χ0) is 16.2. The first-order valence-corrected chi connectivity index (χ1v) is 7.79. The molecule has 2 heterocycles. The monoisotopic (exact) mass is 311 g/mol. The molecule has 0 radical (unpaired) electrons. The van der Waals surface area contributed by atoms with E-state index in [9.17, 15) is 4.79 Å². The minimum Gasteiger partial charge on any atom is -0.378 e. The Hall–Kier alpha value is -2.63. The second-order valence-corrected chi connectivity index (χ2v) is 5.86. The normalized spacial score (nSPS) is 13.9. The van der Waals surface area contributed by atoms with Crippen LogP contribution < -0.4 is 15.1 Å². The fourth-order valence-corrected chi connectivity index (χ4v) is 2.59. The van der Waals surface area contributed by atoms with Crippen LogP contribution in [0.4, 0.5) is 17.3 Å². The molecule has 0 spiro atoms. The number of hydrogen-bond acceptors (Lipinski definition) is 5. The minimum absolute atomic E-state index is 0.161. The second-order valence-electron chi connectivity index (χ2n) is 5.86. The fourth-order valence-electron chi connectivity index (χ4n) is 2.59. The molecule has 1 saturated heterocycles. The highest BCUT2D eigenvalue weighted by atomic mass is 16.1. The number of carbonyl (C=O) groups excluding carboxylic acids is 1. The first-order valence-electron chi connectivity index (χ1n) is 7.79.